The monoisotopic (exact) mass is 541 g/mol. The van der Waals surface area contributed by atoms with E-state index in [0.717, 1.165) is 61.6 Å². The quantitative estimate of drug-likeness (QED) is 0.202. The van der Waals surface area contributed by atoms with Crippen LogP contribution in [-0.2, 0) is 6.61 Å². The van der Waals surface area contributed by atoms with Crippen LogP contribution in [-0.4, -0.2) is 15.0 Å². The van der Waals surface area contributed by atoms with Crippen molar-refractivity contribution in [1.82, 2.24) is 15.0 Å². The van der Waals surface area contributed by atoms with Gasteiger partial charge in [0.25, 0.3) is 0 Å². The lowest BCUT2D eigenvalue weighted by atomic mass is 10.0. The molecule has 7 aromatic rings. The number of pyridine rings is 1. The van der Waals surface area contributed by atoms with Gasteiger partial charge in [-0.1, -0.05) is 127 Å². The van der Waals surface area contributed by atoms with Crippen LogP contribution in [0.5, 0.6) is 5.75 Å². The topological polar surface area (TPSA) is 47.9 Å². The van der Waals surface area contributed by atoms with Crippen LogP contribution in [0.4, 0.5) is 0 Å². The van der Waals surface area contributed by atoms with E-state index in [1.165, 1.54) is 0 Å². The molecule has 42 heavy (non-hydrogen) atoms. The number of aromatic nitrogens is 3. The molecule has 2 heterocycles. The molecule has 4 nitrogen and oxygen atoms in total. The summed E-state index contributed by atoms with van der Waals surface area (Å²) in [6, 6.07) is 51.2. The van der Waals surface area contributed by atoms with E-state index in [2.05, 4.69) is 72.8 Å². The smallest absolute Gasteiger partial charge is 0.160 e. The molecule has 0 radical (unpaired) electrons. The van der Waals surface area contributed by atoms with Gasteiger partial charge >= 0.3 is 0 Å². The maximum atomic E-state index is 6.22. The van der Waals surface area contributed by atoms with Gasteiger partial charge in [-0.3, -0.25) is 0 Å². The number of benzene rings is 5. The summed E-state index contributed by atoms with van der Waals surface area (Å²) in [6.45, 7) is 0.489. The van der Waals surface area contributed by atoms with Crippen molar-refractivity contribution in [1.29, 1.82) is 0 Å². The summed E-state index contributed by atoms with van der Waals surface area (Å²) in [6.07, 6.45) is 0. The summed E-state index contributed by atoms with van der Waals surface area (Å²) in [4.78, 5) is 15.0. The molecule has 7 rings (SSSR count). The van der Waals surface area contributed by atoms with Crippen LogP contribution in [0.3, 0.4) is 0 Å². The second-order valence-electron chi connectivity index (χ2n) is 10.1. The van der Waals surface area contributed by atoms with Gasteiger partial charge in [-0.05, 0) is 29.8 Å². The van der Waals surface area contributed by atoms with E-state index in [1.54, 1.807) is 0 Å². The van der Waals surface area contributed by atoms with E-state index < -0.39 is 0 Å². The van der Waals surface area contributed by atoms with Crippen molar-refractivity contribution >= 4 is 10.9 Å². The average molecular weight is 542 g/mol. The molecule has 0 saturated carbocycles. The maximum Gasteiger partial charge on any atom is 0.160 e. The zero-order chi connectivity index (χ0) is 28.1. The van der Waals surface area contributed by atoms with Gasteiger partial charge in [0.1, 0.15) is 17.9 Å². The zero-order valence-electron chi connectivity index (χ0n) is 22.9. The van der Waals surface area contributed by atoms with E-state index in [0.29, 0.717) is 12.4 Å². The standard InChI is InChI=1S/C38H27N3O/c1-4-12-27(13-5-1)26-42-36-21-11-18-29-22-23-33(39-37(29)36)31-19-10-20-32(24-31)35-25-34(28-14-6-2-7-15-28)40-38(41-35)30-16-8-3-9-17-30/h1-25H,26H2. The zero-order valence-corrected chi connectivity index (χ0v) is 22.9. The highest BCUT2D eigenvalue weighted by atomic mass is 16.5. The number of ether oxygens (including phenoxy) is 1. The van der Waals surface area contributed by atoms with Gasteiger partial charge in [0.2, 0.25) is 0 Å². The normalized spacial score (nSPS) is 11.0. The van der Waals surface area contributed by atoms with Crippen molar-refractivity contribution in [3.05, 3.63) is 157 Å². The van der Waals surface area contributed by atoms with Crippen molar-refractivity contribution in [2.24, 2.45) is 0 Å². The Morgan fingerprint density at radius 2 is 1.02 bits per heavy atom. The minimum Gasteiger partial charge on any atom is -0.487 e. The second kappa shape index (κ2) is 11.5. The molecule has 0 amide bonds. The second-order valence-corrected chi connectivity index (χ2v) is 10.1. The summed E-state index contributed by atoms with van der Waals surface area (Å²) in [5.74, 6) is 1.46. The molecule has 200 valence electrons. The average Bonchev–Trinajstić information content (AvgIpc) is 3.08. The summed E-state index contributed by atoms with van der Waals surface area (Å²) in [5, 5.41) is 1.04. The van der Waals surface area contributed by atoms with Crippen molar-refractivity contribution in [3.8, 4) is 50.9 Å². The van der Waals surface area contributed by atoms with Gasteiger partial charge in [-0.25, -0.2) is 15.0 Å². The Hall–Kier alpha value is -5.61. The van der Waals surface area contributed by atoms with Crippen molar-refractivity contribution in [2.45, 2.75) is 6.61 Å². The maximum absolute atomic E-state index is 6.22. The number of hydrogen-bond donors (Lipinski definition) is 0. The van der Waals surface area contributed by atoms with Crippen LogP contribution >= 0.6 is 0 Å². The minimum atomic E-state index is 0.489. The SMILES string of the molecule is c1ccc(COc2cccc3ccc(-c4cccc(-c5cc(-c6ccccc6)nc(-c6ccccc6)n5)c4)nc23)cc1. The molecule has 5 aromatic carbocycles. The Balaban J connectivity index is 1.28. The molecular weight excluding hydrogens is 514 g/mol. The number of rotatable bonds is 7. The Bertz CT molecular complexity index is 1920. The predicted octanol–water partition coefficient (Wildman–Crippen LogP) is 9.27. The number of para-hydroxylation sites is 1. The van der Waals surface area contributed by atoms with Crippen LogP contribution in [0, 0.1) is 0 Å². The van der Waals surface area contributed by atoms with E-state index in [9.17, 15) is 0 Å². The fourth-order valence-corrected chi connectivity index (χ4v) is 5.04. The predicted molar refractivity (Wildman–Crippen MR) is 170 cm³/mol. The van der Waals surface area contributed by atoms with Gasteiger partial charge in [0, 0.05) is 27.6 Å². The van der Waals surface area contributed by atoms with Crippen LogP contribution in [0.25, 0.3) is 56.1 Å². The summed E-state index contributed by atoms with van der Waals surface area (Å²) >= 11 is 0. The molecule has 0 atom stereocenters. The lowest BCUT2D eigenvalue weighted by Gasteiger charge is -2.12. The largest absolute Gasteiger partial charge is 0.487 e. The Morgan fingerprint density at radius 1 is 0.429 bits per heavy atom. The fourth-order valence-electron chi connectivity index (χ4n) is 5.04. The Labute approximate surface area is 245 Å². The molecule has 0 unspecified atom stereocenters. The lowest BCUT2D eigenvalue weighted by molar-refractivity contribution is 0.309. The highest BCUT2D eigenvalue weighted by molar-refractivity contribution is 5.87. The molecule has 0 aliphatic heterocycles. The third-order valence-corrected chi connectivity index (χ3v) is 7.20. The first kappa shape index (κ1) is 25.4. The molecule has 0 aliphatic carbocycles. The van der Waals surface area contributed by atoms with Crippen LogP contribution in [0.15, 0.2) is 152 Å². The first-order chi connectivity index (χ1) is 20.8. The summed E-state index contributed by atoms with van der Waals surface area (Å²) in [7, 11) is 0. The highest BCUT2D eigenvalue weighted by Gasteiger charge is 2.12. The first-order valence-electron chi connectivity index (χ1n) is 14.0. The van der Waals surface area contributed by atoms with Gasteiger partial charge in [-0.15, -0.1) is 0 Å². The molecular formula is C38H27N3O. The minimum absolute atomic E-state index is 0.489. The molecule has 0 spiro atoms. The molecule has 0 bridgehead atoms. The Kier molecular flexibility index (Phi) is 6.93. The molecule has 0 aliphatic rings. The molecule has 0 saturated heterocycles. The summed E-state index contributed by atoms with van der Waals surface area (Å²) in [5.41, 5.74) is 8.62. The Morgan fingerprint density at radius 3 is 1.76 bits per heavy atom. The molecule has 0 N–H and O–H groups in total. The number of hydrogen-bond acceptors (Lipinski definition) is 4. The summed E-state index contributed by atoms with van der Waals surface area (Å²) < 4.78 is 6.22. The first-order valence-corrected chi connectivity index (χ1v) is 14.0. The third-order valence-electron chi connectivity index (χ3n) is 7.20. The van der Waals surface area contributed by atoms with Gasteiger partial charge in [0.05, 0.1) is 17.1 Å². The molecule has 4 heteroatoms. The molecule has 0 fully saturated rings. The van der Waals surface area contributed by atoms with Crippen LogP contribution in [0.2, 0.25) is 0 Å². The van der Waals surface area contributed by atoms with E-state index in [4.69, 9.17) is 19.7 Å². The van der Waals surface area contributed by atoms with Crippen molar-refractivity contribution in [3.63, 3.8) is 0 Å². The van der Waals surface area contributed by atoms with Crippen molar-refractivity contribution < 1.29 is 4.74 Å². The highest BCUT2D eigenvalue weighted by Crippen LogP contribution is 2.32. The van der Waals surface area contributed by atoms with E-state index >= 15 is 0 Å². The van der Waals surface area contributed by atoms with E-state index in [-0.39, 0.29) is 0 Å². The van der Waals surface area contributed by atoms with Crippen LogP contribution < -0.4 is 4.74 Å². The number of nitrogens with zero attached hydrogens (tertiary/aromatic N) is 3. The van der Waals surface area contributed by atoms with Gasteiger partial charge in [0.15, 0.2) is 5.82 Å². The fraction of sp³-hybridized carbons (Fsp3) is 0.0263. The lowest BCUT2D eigenvalue weighted by Crippen LogP contribution is -1.97. The van der Waals surface area contributed by atoms with Crippen molar-refractivity contribution in [2.75, 3.05) is 0 Å². The molecule has 2 aromatic heterocycles. The van der Waals surface area contributed by atoms with Crippen LogP contribution in [0.1, 0.15) is 5.56 Å². The van der Waals surface area contributed by atoms with Gasteiger partial charge in [-0.2, -0.15) is 0 Å². The third kappa shape index (κ3) is 5.38. The van der Waals surface area contributed by atoms with Gasteiger partial charge < -0.3 is 4.74 Å². The number of fused-ring (bicyclic) bond motifs is 1. The van der Waals surface area contributed by atoms with E-state index in [1.807, 2.05) is 78.9 Å².